The van der Waals surface area contributed by atoms with E-state index in [2.05, 4.69) is 15.5 Å². The second-order valence-corrected chi connectivity index (χ2v) is 6.76. The van der Waals surface area contributed by atoms with Crippen LogP contribution >= 0.6 is 0 Å². The largest absolute Gasteiger partial charge is 0.314 e. The fraction of sp³-hybridized carbons (Fsp3) is 1.00. The van der Waals surface area contributed by atoms with Crippen molar-refractivity contribution >= 4 is 0 Å². The Morgan fingerprint density at radius 2 is 1.79 bits per heavy atom. The van der Waals surface area contributed by atoms with Crippen molar-refractivity contribution in [3.05, 3.63) is 0 Å². The molecule has 0 amide bonds. The van der Waals surface area contributed by atoms with Gasteiger partial charge in [0.05, 0.1) is 0 Å². The highest BCUT2D eigenvalue weighted by Gasteiger charge is 2.32. The Morgan fingerprint density at radius 1 is 0.947 bits per heavy atom. The van der Waals surface area contributed by atoms with E-state index in [4.69, 9.17) is 0 Å². The van der Waals surface area contributed by atoms with E-state index in [9.17, 15) is 0 Å². The quantitative estimate of drug-likeness (QED) is 0.796. The fourth-order valence-electron chi connectivity index (χ4n) is 4.39. The van der Waals surface area contributed by atoms with E-state index in [1.807, 2.05) is 0 Å². The highest BCUT2D eigenvalue weighted by atomic mass is 15.2. The van der Waals surface area contributed by atoms with Crippen LogP contribution in [0.1, 0.15) is 51.4 Å². The first-order chi connectivity index (χ1) is 9.43. The maximum Gasteiger partial charge on any atom is 0.0111 e. The highest BCUT2D eigenvalue weighted by Crippen LogP contribution is 2.30. The van der Waals surface area contributed by atoms with Crippen molar-refractivity contribution in [2.24, 2.45) is 5.92 Å². The molecule has 3 unspecified atom stereocenters. The van der Waals surface area contributed by atoms with E-state index in [1.165, 1.54) is 84.1 Å². The summed E-state index contributed by atoms with van der Waals surface area (Å²) in [6.45, 7) is 6.39. The summed E-state index contributed by atoms with van der Waals surface area (Å²) in [7, 11) is 0. The van der Waals surface area contributed by atoms with Crippen LogP contribution in [0.2, 0.25) is 0 Å². The van der Waals surface area contributed by atoms with Crippen LogP contribution in [0.5, 0.6) is 0 Å². The van der Waals surface area contributed by atoms with Crippen molar-refractivity contribution in [3.8, 4) is 0 Å². The molecule has 2 aliphatic heterocycles. The fourth-order valence-corrected chi connectivity index (χ4v) is 4.39. The van der Waals surface area contributed by atoms with Gasteiger partial charge in [0, 0.05) is 25.2 Å². The van der Waals surface area contributed by atoms with Crippen LogP contribution in [-0.4, -0.2) is 49.7 Å². The van der Waals surface area contributed by atoms with Gasteiger partial charge in [0.25, 0.3) is 0 Å². The number of rotatable bonds is 5. The van der Waals surface area contributed by atoms with Crippen LogP contribution < -0.4 is 10.6 Å². The van der Waals surface area contributed by atoms with Crippen LogP contribution in [0, 0.1) is 5.92 Å². The zero-order valence-electron chi connectivity index (χ0n) is 12.4. The molecule has 3 rings (SSSR count). The first-order valence-corrected chi connectivity index (χ1v) is 8.62. The normalized spacial score (nSPS) is 36.9. The topological polar surface area (TPSA) is 27.3 Å². The summed E-state index contributed by atoms with van der Waals surface area (Å²) < 4.78 is 0. The minimum Gasteiger partial charge on any atom is -0.314 e. The summed E-state index contributed by atoms with van der Waals surface area (Å²) in [5.74, 6) is 0.898. The van der Waals surface area contributed by atoms with Gasteiger partial charge in [-0.05, 0) is 64.1 Å². The summed E-state index contributed by atoms with van der Waals surface area (Å²) in [6, 6.07) is 1.59. The average Bonchev–Trinajstić information content (AvgIpc) is 3.12. The summed E-state index contributed by atoms with van der Waals surface area (Å²) >= 11 is 0. The molecule has 3 fully saturated rings. The van der Waals surface area contributed by atoms with Gasteiger partial charge in [-0.2, -0.15) is 0 Å². The molecule has 0 radical (unpaired) electrons. The first-order valence-electron chi connectivity index (χ1n) is 8.62. The third kappa shape index (κ3) is 3.71. The van der Waals surface area contributed by atoms with Gasteiger partial charge in [0.1, 0.15) is 0 Å². The lowest BCUT2D eigenvalue weighted by molar-refractivity contribution is 0.208. The molecule has 0 spiro atoms. The molecule has 3 aliphatic rings. The summed E-state index contributed by atoms with van der Waals surface area (Å²) in [4.78, 5) is 2.62. The predicted molar refractivity (Wildman–Crippen MR) is 80.4 cm³/mol. The van der Waals surface area contributed by atoms with Crippen LogP contribution in [0.15, 0.2) is 0 Å². The number of nitrogens with one attached hydrogen (secondary N) is 2. The molecule has 0 aromatic heterocycles. The molecule has 3 nitrogen and oxygen atoms in total. The van der Waals surface area contributed by atoms with Gasteiger partial charge >= 0.3 is 0 Å². The second kappa shape index (κ2) is 7.05. The molecule has 3 heteroatoms. The molecule has 3 atom stereocenters. The molecule has 1 aliphatic carbocycles. The smallest absolute Gasteiger partial charge is 0.0111 e. The van der Waals surface area contributed by atoms with Gasteiger partial charge in [-0.25, -0.2) is 0 Å². The summed E-state index contributed by atoms with van der Waals surface area (Å²) in [5.41, 5.74) is 0. The maximum atomic E-state index is 3.89. The second-order valence-electron chi connectivity index (χ2n) is 6.76. The molecule has 1 saturated carbocycles. The lowest BCUT2D eigenvalue weighted by Gasteiger charge is -2.36. The van der Waals surface area contributed by atoms with E-state index in [-0.39, 0.29) is 0 Å². The Labute approximate surface area is 118 Å². The molecule has 0 bridgehead atoms. The Hall–Kier alpha value is -0.120. The molecular weight excluding hydrogens is 234 g/mol. The molecule has 2 heterocycles. The van der Waals surface area contributed by atoms with Crippen molar-refractivity contribution in [2.75, 3.05) is 32.7 Å². The number of hydrogen-bond donors (Lipinski definition) is 2. The summed E-state index contributed by atoms with van der Waals surface area (Å²) in [5, 5.41) is 7.63. The number of hydrogen-bond acceptors (Lipinski definition) is 3. The SMILES string of the molecule is C1CNC(C2CCCCC2NCCN2CCCC2)C1. The monoisotopic (exact) mass is 265 g/mol. The van der Waals surface area contributed by atoms with Crippen LogP contribution in [0.4, 0.5) is 0 Å². The van der Waals surface area contributed by atoms with Crippen LogP contribution in [0.25, 0.3) is 0 Å². The van der Waals surface area contributed by atoms with Crippen LogP contribution in [-0.2, 0) is 0 Å². The third-order valence-electron chi connectivity index (χ3n) is 5.47. The van der Waals surface area contributed by atoms with Crippen molar-refractivity contribution in [1.82, 2.24) is 15.5 Å². The van der Waals surface area contributed by atoms with Crippen LogP contribution in [0.3, 0.4) is 0 Å². The van der Waals surface area contributed by atoms with Crippen molar-refractivity contribution < 1.29 is 0 Å². The standard InChI is InChI=1S/C16H31N3/c1-2-7-15(14(6-1)16-8-5-9-17-16)18-10-13-19-11-3-4-12-19/h14-18H,1-13H2. The average molecular weight is 265 g/mol. The molecule has 0 aromatic rings. The highest BCUT2D eigenvalue weighted by molar-refractivity contribution is 4.91. The third-order valence-corrected chi connectivity index (χ3v) is 5.47. The van der Waals surface area contributed by atoms with Gasteiger partial charge in [-0.1, -0.05) is 12.8 Å². The van der Waals surface area contributed by atoms with Gasteiger partial charge in [0.2, 0.25) is 0 Å². The Morgan fingerprint density at radius 3 is 2.58 bits per heavy atom. The van der Waals surface area contributed by atoms with Gasteiger partial charge in [0.15, 0.2) is 0 Å². The van der Waals surface area contributed by atoms with E-state index < -0.39 is 0 Å². The Balaban J connectivity index is 1.43. The van der Waals surface area contributed by atoms with E-state index >= 15 is 0 Å². The van der Waals surface area contributed by atoms with E-state index in [0.29, 0.717) is 0 Å². The van der Waals surface area contributed by atoms with E-state index in [0.717, 1.165) is 18.0 Å². The maximum absolute atomic E-state index is 3.89. The number of nitrogens with zero attached hydrogens (tertiary/aromatic N) is 1. The first kappa shape index (κ1) is 13.8. The molecular formula is C16H31N3. The molecule has 110 valence electrons. The predicted octanol–water partition coefficient (Wildman–Crippen LogP) is 1.98. The molecule has 19 heavy (non-hydrogen) atoms. The minimum absolute atomic E-state index is 0.784. The van der Waals surface area contributed by atoms with E-state index in [1.54, 1.807) is 0 Å². The lowest BCUT2D eigenvalue weighted by atomic mass is 9.79. The molecule has 0 aromatic carbocycles. The Kier molecular flexibility index (Phi) is 5.14. The lowest BCUT2D eigenvalue weighted by Crippen LogP contribution is -2.48. The van der Waals surface area contributed by atoms with Gasteiger partial charge in [-0.15, -0.1) is 0 Å². The molecule has 2 N–H and O–H groups in total. The summed E-state index contributed by atoms with van der Waals surface area (Å²) in [6.07, 6.45) is 11.4. The van der Waals surface area contributed by atoms with Gasteiger partial charge < -0.3 is 15.5 Å². The zero-order valence-corrected chi connectivity index (χ0v) is 12.4. The van der Waals surface area contributed by atoms with Gasteiger partial charge in [-0.3, -0.25) is 0 Å². The number of likely N-dealkylation sites (tertiary alicyclic amines) is 1. The molecule has 2 saturated heterocycles. The van der Waals surface area contributed by atoms with Crippen molar-refractivity contribution in [1.29, 1.82) is 0 Å². The minimum atomic E-state index is 0.784. The Bertz CT molecular complexity index is 257. The van der Waals surface area contributed by atoms with Crippen molar-refractivity contribution in [2.45, 2.75) is 63.5 Å². The zero-order chi connectivity index (χ0) is 12.9. The van der Waals surface area contributed by atoms with Crippen molar-refractivity contribution in [3.63, 3.8) is 0 Å².